The Hall–Kier alpha value is -2.07. The zero-order chi connectivity index (χ0) is 15.7. The molecule has 3 rings (SSSR count). The van der Waals surface area contributed by atoms with Crippen molar-refractivity contribution in [2.45, 2.75) is 32.3 Å². The van der Waals surface area contributed by atoms with Gasteiger partial charge in [0, 0.05) is 18.7 Å². The van der Waals surface area contributed by atoms with Crippen LogP contribution in [-0.4, -0.2) is 34.6 Å². The maximum atomic E-state index is 12.4. The highest BCUT2D eigenvalue weighted by molar-refractivity contribution is 5.92. The Morgan fingerprint density at radius 3 is 2.59 bits per heavy atom. The molecule has 4 heteroatoms. The molecule has 1 aliphatic rings. The smallest absolute Gasteiger partial charge is 0.289 e. The van der Waals surface area contributed by atoms with Crippen LogP contribution < -0.4 is 0 Å². The monoisotopic (exact) mass is 299 g/mol. The van der Waals surface area contributed by atoms with E-state index in [1.165, 1.54) is 5.56 Å². The number of β-amino-alcohol motifs (C(OH)–C–C–N with tert-alkyl or cyclic N) is 1. The SMILES string of the molecule is CCc1ccc(-c2ccc(C(=O)N3CCC(C)(O)C3)o2)cc1. The fraction of sp³-hybridized carbons (Fsp3) is 0.389. The van der Waals surface area contributed by atoms with Gasteiger partial charge in [0.05, 0.1) is 5.60 Å². The molecule has 1 amide bonds. The molecule has 1 atom stereocenters. The summed E-state index contributed by atoms with van der Waals surface area (Å²) in [6.07, 6.45) is 1.60. The predicted molar refractivity (Wildman–Crippen MR) is 84.7 cm³/mol. The lowest BCUT2D eigenvalue weighted by atomic mass is 10.1. The molecule has 0 saturated carbocycles. The topological polar surface area (TPSA) is 53.7 Å². The molecule has 1 N–H and O–H groups in total. The third-order valence-corrected chi connectivity index (χ3v) is 4.20. The van der Waals surface area contributed by atoms with Crippen LogP contribution in [0.4, 0.5) is 0 Å². The number of likely N-dealkylation sites (tertiary alicyclic amines) is 1. The normalized spacial score (nSPS) is 21.3. The van der Waals surface area contributed by atoms with Crippen molar-refractivity contribution in [3.8, 4) is 11.3 Å². The van der Waals surface area contributed by atoms with Gasteiger partial charge in [0.15, 0.2) is 5.76 Å². The van der Waals surface area contributed by atoms with E-state index in [-0.39, 0.29) is 5.91 Å². The number of benzene rings is 1. The molecule has 1 unspecified atom stereocenters. The summed E-state index contributed by atoms with van der Waals surface area (Å²) in [5.74, 6) is 0.860. The van der Waals surface area contributed by atoms with Crippen LogP contribution in [0.1, 0.15) is 36.4 Å². The number of amides is 1. The minimum absolute atomic E-state index is 0.158. The number of carbonyl (C=O) groups is 1. The van der Waals surface area contributed by atoms with Crippen LogP contribution in [0.3, 0.4) is 0 Å². The first-order valence-corrected chi connectivity index (χ1v) is 7.69. The first-order valence-electron chi connectivity index (χ1n) is 7.69. The summed E-state index contributed by atoms with van der Waals surface area (Å²) in [7, 11) is 0. The second-order valence-electron chi connectivity index (χ2n) is 6.19. The predicted octanol–water partition coefficient (Wildman–Crippen LogP) is 3.11. The number of aliphatic hydroxyl groups is 1. The molecule has 0 spiro atoms. The van der Waals surface area contributed by atoms with Crippen molar-refractivity contribution in [3.63, 3.8) is 0 Å². The molecule has 22 heavy (non-hydrogen) atoms. The van der Waals surface area contributed by atoms with E-state index in [9.17, 15) is 9.90 Å². The van der Waals surface area contributed by atoms with Gasteiger partial charge in [-0.05, 0) is 37.5 Å². The number of hydrogen-bond donors (Lipinski definition) is 1. The molecule has 1 saturated heterocycles. The van der Waals surface area contributed by atoms with E-state index in [1.54, 1.807) is 17.9 Å². The Bertz CT molecular complexity index is 670. The fourth-order valence-electron chi connectivity index (χ4n) is 2.79. The second-order valence-corrected chi connectivity index (χ2v) is 6.19. The van der Waals surface area contributed by atoms with Crippen LogP contribution >= 0.6 is 0 Å². The van der Waals surface area contributed by atoms with Gasteiger partial charge in [-0.1, -0.05) is 31.2 Å². The number of rotatable bonds is 3. The largest absolute Gasteiger partial charge is 0.451 e. The van der Waals surface area contributed by atoms with Gasteiger partial charge < -0.3 is 14.4 Å². The lowest BCUT2D eigenvalue weighted by molar-refractivity contribution is 0.0555. The summed E-state index contributed by atoms with van der Waals surface area (Å²) in [6.45, 7) is 4.78. The van der Waals surface area contributed by atoms with Gasteiger partial charge >= 0.3 is 0 Å². The van der Waals surface area contributed by atoms with Gasteiger partial charge in [-0.3, -0.25) is 4.79 Å². The van der Waals surface area contributed by atoms with Crippen LogP contribution in [0.2, 0.25) is 0 Å². The Balaban J connectivity index is 1.77. The minimum atomic E-state index is -0.791. The average molecular weight is 299 g/mol. The minimum Gasteiger partial charge on any atom is -0.451 e. The van der Waals surface area contributed by atoms with Gasteiger partial charge in [-0.25, -0.2) is 0 Å². The highest BCUT2D eigenvalue weighted by Crippen LogP contribution is 2.26. The van der Waals surface area contributed by atoms with Crippen LogP contribution in [0.5, 0.6) is 0 Å². The molecule has 2 heterocycles. The molecule has 4 nitrogen and oxygen atoms in total. The van der Waals surface area contributed by atoms with Gasteiger partial charge in [0.1, 0.15) is 5.76 Å². The summed E-state index contributed by atoms with van der Waals surface area (Å²) >= 11 is 0. The first-order chi connectivity index (χ1) is 10.5. The molecule has 1 aromatic heterocycles. The number of hydrogen-bond acceptors (Lipinski definition) is 3. The molecule has 1 aliphatic heterocycles. The van der Waals surface area contributed by atoms with Gasteiger partial charge in [0.25, 0.3) is 5.91 Å². The van der Waals surface area contributed by atoms with E-state index < -0.39 is 5.60 Å². The third-order valence-electron chi connectivity index (χ3n) is 4.20. The third kappa shape index (κ3) is 2.92. The molecular weight excluding hydrogens is 278 g/mol. The molecule has 1 aromatic carbocycles. The number of aryl methyl sites for hydroxylation is 1. The maximum absolute atomic E-state index is 12.4. The van der Waals surface area contributed by atoms with Crippen LogP contribution in [-0.2, 0) is 6.42 Å². The summed E-state index contributed by atoms with van der Waals surface area (Å²) < 4.78 is 5.71. The van der Waals surface area contributed by atoms with Crippen molar-refractivity contribution in [3.05, 3.63) is 47.7 Å². The van der Waals surface area contributed by atoms with E-state index in [4.69, 9.17) is 4.42 Å². The standard InChI is InChI=1S/C18H21NO3/c1-3-13-4-6-14(7-5-13)15-8-9-16(22-15)17(20)19-11-10-18(2,21)12-19/h4-9,21H,3,10-12H2,1-2H3. The molecule has 2 aromatic rings. The Morgan fingerprint density at radius 1 is 1.27 bits per heavy atom. The van der Waals surface area contributed by atoms with Crippen molar-refractivity contribution < 1.29 is 14.3 Å². The van der Waals surface area contributed by atoms with E-state index in [1.807, 2.05) is 18.2 Å². The Morgan fingerprint density at radius 2 is 2.00 bits per heavy atom. The van der Waals surface area contributed by atoms with Crippen molar-refractivity contribution in [1.29, 1.82) is 0 Å². The van der Waals surface area contributed by atoms with Crippen LogP contribution in [0, 0.1) is 0 Å². The second kappa shape index (κ2) is 5.61. The lowest BCUT2D eigenvalue weighted by Crippen LogP contribution is -2.33. The zero-order valence-corrected chi connectivity index (χ0v) is 13.0. The highest BCUT2D eigenvalue weighted by atomic mass is 16.4. The lowest BCUT2D eigenvalue weighted by Gasteiger charge is -2.17. The van der Waals surface area contributed by atoms with E-state index >= 15 is 0 Å². The van der Waals surface area contributed by atoms with Crippen molar-refractivity contribution in [2.24, 2.45) is 0 Å². The van der Waals surface area contributed by atoms with E-state index in [0.29, 0.717) is 31.0 Å². The molecule has 1 fully saturated rings. The van der Waals surface area contributed by atoms with E-state index in [2.05, 4.69) is 19.1 Å². The number of nitrogens with zero attached hydrogens (tertiary/aromatic N) is 1. The maximum Gasteiger partial charge on any atom is 0.289 e. The van der Waals surface area contributed by atoms with Crippen molar-refractivity contribution >= 4 is 5.91 Å². The zero-order valence-electron chi connectivity index (χ0n) is 13.0. The number of furan rings is 1. The average Bonchev–Trinajstić information content (AvgIpc) is 3.13. The first kappa shape index (κ1) is 14.9. The van der Waals surface area contributed by atoms with E-state index in [0.717, 1.165) is 12.0 Å². The molecule has 0 bridgehead atoms. The Kier molecular flexibility index (Phi) is 3.79. The number of carbonyl (C=O) groups excluding carboxylic acids is 1. The van der Waals surface area contributed by atoms with Gasteiger partial charge in [-0.2, -0.15) is 0 Å². The molecular formula is C18H21NO3. The summed E-state index contributed by atoms with van der Waals surface area (Å²) in [5, 5.41) is 9.97. The van der Waals surface area contributed by atoms with Crippen molar-refractivity contribution in [2.75, 3.05) is 13.1 Å². The molecule has 0 radical (unpaired) electrons. The van der Waals surface area contributed by atoms with Gasteiger partial charge in [0.2, 0.25) is 0 Å². The quantitative estimate of drug-likeness (QED) is 0.947. The van der Waals surface area contributed by atoms with Crippen LogP contribution in [0.15, 0.2) is 40.8 Å². The summed E-state index contributed by atoms with van der Waals surface area (Å²) in [6, 6.07) is 11.7. The van der Waals surface area contributed by atoms with Crippen molar-refractivity contribution in [1.82, 2.24) is 4.90 Å². The molecule has 116 valence electrons. The Labute approximate surface area is 130 Å². The van der Waals surface area contributed by atoms with Crippen LogP contribution in [0.25, 0.3) is 11.3 Å². The van der Waals surface area contributed by atoms with Gasteiger partial charge in [-0.15, -0.1) is 0 Å². The summed E-state index contributed by atoms with van der Waals surface area (Å²) in [5.41, 5.74) is 1.44. The highest BCUT2D eigenvalue weighted by Gasteiger charge is 2.35. The summed E-state index contributed by atoms with van der Waals surface area (Å²) in [4.78, 5) is 14.0. The molecule has 0 aliphatic carbocycles. The fourth-order valence-corrected chi connectivity index (χ4v) is 2.79.